The molecule has 4 nitrogen and oxygen atoms in total. The molecule has 0 amide bonds. The van der Waals surface area contributed by atoms with Crippen molar-refractivity contribution < 1.29 is 18.3 Å². The summed E-state index contributed by atoms with van der Waals surface area (Å²) in [7, 11) is 8.85. The fourth-order valence-electron chi connectivity index (χ4n) is 17.7. The Kier molecular flexibility index (Phi) is 17.1. The van der Waals surface area contributed by atoms with Crippen molar-refractivity contribution in [3.05, 3.63) is 257 Å². The van der Waals surface area contributed by atoms with Crippen LogP contribution in [0.2, 0.25) is 0 Å². The van der Waals surface area contributed by atoms with Gasteiger partial charge >= 0.3 is 0 Å². The minimum Gasteiger partial charge on any atom is -0.194 e. The summed E-state index contributed by atoms with van der Waals surface area (Å²) < 4.78 is 9.53. The predicted octanol–water partition coefficient (Wildman–Crippen LogP) is 20.6. The molecule has 0 N–H and O–H groups in total. The van der Waals surface area contributed by atoms with Crippen molar-refractivity contribution in [3.8, 4) is 45.0 Å². The fraction of sp³-hybridized carbons (Fsp3) is 0.348. The first-order valence-corrected chi connectivity index (χ1v) is 35.6. The van der Waals surface area contributed by atoms with Crippen LogP contribution < -0.4 is 18.3 Å². The molecule has 0 bridgehead atoms. The van der Waals surface area contributed by atoms with Crippen LogP contribution >= 0.6 is 0 Å². The van der Waals surface area contributed by atoms with Gasteiger partial charge in [0.25, 0.3) is 0 Å². The number of benzene rings is 8. The molecular formula is C92H104N4+4. The zero-order chi connectivity index (χ0) is 68.5. The largest absolute Gasteiger partial charge is 0.213 e. The van der Waals surface area contributed by atoms with Crippen LogP contribution in [0.15, 0.2) is 146 Å². The first-order chi connectivity index (χ1) is 45.5. The molecule has 4 heterocycles. The number of pyridine rings is 4. The van der Waals surface area contributed by atoms with Gasteiger partial charge in [-0.2, -0.15) is 18.3 Å². The van der Waals surface area contributed by atoms with E-state index in [1.807, 2.05) is 0 Å². The normalized spacial score (nSPS) is 15.9. The molecule has 2 unspecified atom stereocenters. The molecule has 0 aliphatic heterocycles. The Hall–Kier alpha value is -8.60. The molecule has 4 aliphatic carbocycles. The lowest BCUT2D eigenvalue weighted by atomic mass is 9.73. The number of rotatable bonds is 4. The molecule has 8 aromatic carbocycles. The van der Waals surface area contributed by atoms with Crippen LogP contribution in [-0.4, -0.2) is 0 Å². The van der Waals surface area contributed by atoms with E-state index in [4.69, 9.17) is 0 Å². The second kappa shape index (κ2) is 24.8. The molecule has 4 heteroatoms. The maximum Gasteiger partial charge on any atom is 0.213 e. The highest BCUT2D eigenvalue weighted by Crippen LogP contribution is 2.47. The van der Waals surface area contributed by atoms with Gasteiger partial charge in [0.2, 0.25) is 44.8 Å². The average Bonchev–Trinajstić information content (AvgIpc) is 1.19. The topological polar surface area (TPSA) is 15.5 Å². The van der Waals surface area contributed by atoms with Crippen molar-refractivity contribution in [2.24, 2.45) is 39.0 Å². The molecule has 12 aromatic rings. The zero-order valence-electron chi connectivity index (χ0n) is 62.0. The quantitative estimate of drug-likeness (QED) is 0.156. The van der Waals surface area contributed by atoms with Crippen LogP contribution in [-0.2, 0) is 66.7 Å². The van der Waals surface area contributed by atoms with Crippen LogP contribution in [0.25, 0.3) is 88.6 Å². The summed E-state index contributed by atoms with van der Waals surface area (Å²) in [5, 5.41) is 5.92. The van der Waals surface area contributed by atoms with E-state index in [2.05, 4.69) is 317 Å². The Labute approximate surface area is 574 Å². The molecule has 0 radical (unpaired) electrons. The van der Waals surface area contributed by atoms with E-state index in [-0.39, 0.29) is 0 Å². The molecule has 2 atom stereocenters. The summed E-state index contributed by atoms with van der Waals surface area (Å²) >= 11 is 0. The molecule has 4 aliphatic rings. The van der Waals surface area contributed by atoms with E-state index in [1.54, 1.807) is 0 Å². The third kappa shape index (κ3) is 11.7. The van der Waals surface area contributed by atoms with Gasteiger partial charge in [-0.25, -0.2) is 0 Å². The van der Waals surface area contributed by atoms with Crippen molar-refractivity contribution >= 4 is 43.6 Å². The van der Waals surface area contributed by atoms with Crippen molar-refractivity contribution in [3.63, 3.8) is 0 Å². The highest BCUT2D eigenvalue weighted by molar-refractivity contribution is 5.91. The van der Waals surface area contributed by atoms with Gasteiger partial charge in [0, 0.05) is 70.8 Å². The average molecular weight is 1270 g/mol. The van der Waals surface area contributed by atoms with Crippen molar-refractivity contribution in [2.75, 3.05) is 0 Å². The standard InChI is InChI=1S/2C24H28N.C23H26N.C21H22N/c2*1-15-10-16(2)17(3)20(11-15)22-12-19-14-24(4,5)13-18-8-7-9-21(23(18)19)25(22)6;1-13-10-14(2)15(3)19(11-13)22-12-20-17(5)16(4)18-8-7-9-21(23(18)20)24(22)6;1-13-10-14(2)15(3)18(11-13)20-12-17-9-8-16-6-5-7-19(21(16)17)22(20)4/h2*7-12H,13-14H2,1-6H3;7-12,16-17H,1-6H3;5-7,10-12H,8-9H2,1-4H3/q4*+1. The van der Waals surface area contributed by atoms with Gasteiger partial charge in [0.15, 0.2) is 0 Å². The molecule has 96 heavy (non-hydrogen) atoms. The summed E-state index contributed by atoms with van der Waals surface area (Å²) in [6, 6.07) is 55.4. The first-order valence-electron chi connectivity index (χ1n) is 35.6. The Morgan fingerprint density at radius 3 is 0.948 bits per heavy atom. The first kappa shape index (κ1) is 66.0. The van der Waals surface area contributed by atoms with Gasteiger partial charge in [-0.1, -0.05) is 137 Å². The summed E-state index contributed by atoms with van der Waals surface area (Å²) in [4.78, 5) is 0. The lowest BCUT2D eigenvalue weighted by Crippen LogP contribution is -2.35. The second-order valence-corrected chi connectivity index (χ2v) is 31.7. The summed E-state index contributed by atoms with van der Waals surface area (Å²) in [5.74, 6) is 1.18. The smallest absolute Gasteiger partial charge is 0.194 e. The van der Waals surface area contributed by atoms with E-state index in [9.17, 15) is 0 Å². The number of aromatic nitrogens is 4. The summed E-state index contributed by atoms with van der Waals surface area (Å²) in [6.45, 7) is 40.9. The molecule has 0 spiro atoms. The van der Waals surface area contributed by atoms with Gasteiger partial charge in [-0.3, -0.25) is 0 Å². The maximum absolute atomic E-state index is 2.45. The molecule has 4 aromatic heterocycles. The minimum atomic E-state index is 0.329. The Balaban J connectivity index is 0.000000116. The van der Waals surface area contributed by atoms with Gasteiger partial charge in [0.1, 0.15) is 28.2 Å². The van der Waals surface area contributed by atoms with E-state index >= 15 is 0 Å². The van der Waals surface area contributed by atoms with Crippen LogP contribution in [0.4, 0.5) is 0 Å². The van der Waals surface area contributed by atoms with Gasteiger partial charge in [0.05, 0.1) is 21.5 Å². The Morgan fingerprint density at radius 1 is 0.292 bits per heavy atom. The monoisotopic (exact) mass is 1260 g/mol. The van der Waals surface area contributed by atoms with E-state index in [0.29, 0.717) is 22.7 Å². The third-order valence-corrected chi connectivity index (χ3v) is 23.3. The van der Waals surface area contributed by atoms with E-state index in [0.717, 1.165) is 12.8 Å². The number of hydrogen-bond acceptors (Lipinski definition) is 0. The van der Waals surface area contributed by atoms with Crippen molar-refractivity contribution in [1.29, 1.82) is 0 Å². The minimum absolute atomic E-state index is 0.329. The van der Waals surface area contributed by atoms with Crippen LogP contribution in [0.1, 0.15) is 165 Å². The number of aryl methyl sites for hydroxylation is 14. The molecule has 0 saturated carbocycles. The second-order valence-electron chi connectivity index (χ2n) is 31.7. The summed E-state index contributed by atoms with van der Waals surface area (Å²) in [6.07, 6.45) is 6.99. The zero-order valence-corrected chi connectivity index (χ0v) is 62.0. The molecule has 0 fully saturated rings. The maximum atomic E-state index is 2.45. The fourth-order valence-corrected chi connectivity index (χ4v) is 17.7. The van der Waals surface area contributed by atoms with Crippen molar-refractivity contribution in [2.45, 2.75) is 175 Å². The van der Waals surface area contributed by atoms with Gasteiger partial charge in [-0.15, -0.1) is 0 Å². The third-order valence-electron chi connectivity index (χ3n) is 23.3. The summed E-state index contributed by atoms with van der Waals surface area (Å²) in [5.41, 5.74) is 45.4. The lowest BCUT2D eigenvalue weighted by molar-refractivity contribution is -0.633. The van der Waals surface area contributed by atoms with Crippen LogP contribution in [0.5, 0.6) is 0 Å². The van der Waals surface area contributed by atoms with E-state index in [1.165, 1.54) is 226 Å². The van der Waals surface area contributed by atoms with Crippen LogP contribution in [0, 0.1) is 93.9 Å². The van der Waals surface area contributed by atoms with Gasteiger partial charge in [-0.05, 0) is 258 Å². The van der Waals surface area contributed by atoms with Crippen molar-refractivity contribution in [1.82, 2.24) is 0 Å². The van der Waals surface area contributed by atoms with E-state index < -0.39 is 0 Å². The Bertz CT molecular complexity index is 5050. The highest BCUT2D eigenvalue weighted by atomic mass is 15.0. The molecule has 488 valence electrons. The SMILES string of the molecule is Cc1cc(C)c(C)c(-c2cc3c4c(cccc4[n+]2C)C(C)C3C)c1.Cc1cc(C)c(C)c(-c2cc3c4c(cccc4[n+]2C)CC(C)(C)C3)c1.Cc1cc(C)c(C)c(-c2cc3c4c(cccc4[n+]2C)CC(C)(C)C3)c1.Cc1cc(C)c(C)c(-c2cc3c4c(cccc4[n+]2C)CC3)c1. The molecular weight excluding hydrogens is 1160 g/mol. The van der Waals surface area contributed by atoms with Crippen LogP contribution in [0.3, 0.4) is 0 Å². The predicted molar refractivity (Wildman–Crippen MR) is 406 cm³/mol. The molecule has 16 rings (SSSR count). The van der Waals surface area contributed by atoms with Gasteiger partial charge < -0.3 is 0 Å². The number of hydrogen-bond donors (Lipinski definition) is 0. The molecule has 0 saturated heterocycles. The lowest BCUT2D eigenvalue weighted by Gasteiger charge is -2.31. The number of nitrogens with zero attached hydrogens (tertiary/aromatic N) is 4. The highest BCUT2D eigenvalue weighted by Gasteiger charge is 2.36. The Morgan fingerprint density at radius 2 is 0.573 bits per heavy atom.